The van der Waals surface area contributed by atoms with Crippen LogP contribution in [0.15, 0.2) is 17.1 Å². The molecule has 0 spiro atoms. The fourth-order valence-corrected chi connectivity index (χ4v) is 2.08. The van der Waals surface area contributed by atoms with Gasteiger partial charge in [0.1, 0.15) is 24.8 Å². The quantitative estimate of drug-likeness (QED) is 0.298. The Morgan fingerprint density at radius 3 is 2.77 bits per heavy atom. The number of aliphatic hydroxyl groups excluding tert-OH is 3. The predicted molar refractivity (Wildman–Crippen MR) is 70.9 cm³/mol. The summed E-state index contributed by atoms with van der Waals surface area (Å²) < 4.78 is 10.9. The maximum atomic E-state index is 11.6. The van der Waals surface area contributed by atoms with Crippen LogP contribution >= 0.6 is 0 Å². The number of hydrogen-bond donors (Lipinski definition) is 6. The highest BCUT2D eigenvalue weighted by molar-refractivity contribution is 5.25. The van der Waals surface area contributed by atoms with Crippen LogP contribution in [0, 0.1) is 0 Å². The van der Waals surface area contributed by atoms with Crippen LogP contribution in [0.1, 0.15) is 0 Å². The van der Waals surface area contributed by atoms with Crippen LogP contribution in [-0.4, -0.2) is 66.9 Å². The van der Waals surface area contributed by atoms with Gasteiger partial charge in [-0.25, -0.2) is 9.78 Å². The van der Waals surface area contributed by atoms with Gasteiger partial charge in [0.25, 0.3) is 0 Å². The summed E-state index contributed by atoms with van der Waals surface area (Å²) in [6.07, 6.45) is -3.65. The molecule has 2 rings (SSSR count). The smallest absolute Gasteiger partial charge is 0.351 e. The second-order valence-corrected chi connectivity index (χ2v) is 4.83. The Morgan fingerprint density at radius 2 is 2.18 bits per heavy atom. The predicted octanol–water partition coefficient (Wildman–Crippen LogP) is -4.11. The molecule has 0 amide bonds. The zero-order valence-electron chi connectivity index (χ0n) is 11.4. The minimum Gasteiger partial charge on any atom is -0.393 e. The molecule has 0 saturated carbocycles. The summed E-state index contributed by atoms with van der Waals surface area (Å²) in [6, 6.07) is -0.0440. The molecular weight excluding hydrogens is 300 g/mol. The number of aromatic nitrogens is 2. The van der Waals surface area contributed by atoms with E-state index in [1.165, 1.54) is 12.3 Å². The number of nitrogen functional groups attached to an aromatic ring is 1. The van der Waals surface area contributed by atoms with Gasteiger partial charge in [0, 0.05) is 6.20 Å². The standard InChI is InChI=1S/C11H18N4O7/c12-6-1-2-14-10(19)15(6)4-21-11(20)5(3-16)22-9(18)7(13)8(11)17/h1-2,5,7-9,16-18,20H,3-4,12-13H2/t5-,7-,8-,9-,11+/m1/s1. The second kappa shape index (κ2) is 6.26. The van der Waals surface area contributed by atoms with E-state index < -0.39 is 49.4 Å². The molecule has 5 atom stereocenters. The lowest BCUT2D eigenvalue weighted by Gasteiger charge is -2.46. The highest BCUT2D eigenvalue weighted by Gasteiger charge is 2.55. The minimum atomic E-state index is -2.45. The second-order valence-electron chi connectivity index (χ2n) is 4.83. The fourth-order valence-electron chi connectivity index (χ4n) is 2.08. The highest BCUT2D eigenvalue weighted by Crippen LogP contribution is 2.29. The molecule has 1 saturated heterocycles. The number of aliphatic hydroxyl groups is 4. The third-order valence-electron chi connectivity index (χ3n) is 3.45. The number of nitrogens with two attached hydrogens (primary N) is 2. The van der Waals surface area contributed by atoms with E-state index in [0.717, 1.165) is 4.57 Å². The molecule has 0 radical (unpaired) electrons. The van der Waals surface area contributed by atoms with E-state index in [1.807, 2.05) is 0 Å². The van der Waals surface area contributed by atoms with E-state index in [4.69, 9.17) is 20.9 Å². The average molecular weight is 318 g/mol. The lowest BCUT2D eigenvalue weighted by Crippen LogP contribution is -2.70. The molecule has 124 valence electrons. The third-order valence-corrected chi connectivity index (χ3v) is 3.45. The highest BCUT2D eigenvalue weighted by atomic mass is 16.7. The first-order valence-electron chi connectivity index (χ1n) is 6.37. The molecule has 11 heteroatoms. The largest absolute Gasteiger partial charge is 0.393 e. The Balaban J connectivity index is 2.23. The van der Waals surface area contributed by atoms with E-state index in [-0.39, 0.29) is 5.82 Å². The first kappa shape index (κ1) is 16.8. The number of ether oxygens (including phenoxy) is 2. The van der Waals surface area contributed by atoms with Gasteiger partial charge in [-0.3, -0.25) is 4.57 Å². The Hall–Kier alpha value is -1.60. The molecule has 22 heavy (non-hydrogen) atoms. The maximum Gasteiger partial charge on any atom is 0.351 e. The Bertz CT molecular complexity index is 578. The average Bonchev–Trinajstić information content (AvgIpc) is 2.48. The molecule has 1 fully saturated rings. The summed E-state index contributed by atoms with van der Waals surface area (Å²) in [5.41, 5.74) is 10.3. The SMILES string of the molecule is Nc1ccnc(=O)n1CO[C@]1(O)[C@H](O)[C@@H](N)[C@H](O)O[C@@H]1CO. The number of nitrogens with zero attached hydrogens (tertiary/aromatic N) is 2. The van der Waals surface area contributed by atoms with E-state index in [2.05, 4.69) is 4.98 Å². The van der Waals surface area contributed by atoms with Crippen molar-refractivity contribution in [2.45, 2.75) is 37.1 Å². The Morgan fingerprint density at radius 1 is 1.50 bits per heavy atom. The maximum absolute atomic E-state index is 11.6. The van der Waals surface area contributed by atoms with Crippen molar-refractivity contribution in [1.29, 1.82) is 0 Å². The first-order chi connectivity index (χ1) is 10.3. The van der Waals surface area contributed by atoms with Crippen molar-refractivity contribution in [3.63, 3.8) is 0 Å². The van der Waals surface area contributed by atoms with Crippen LogP contribution in [0.25, 0.3) is 0 Å². The minimum absolute atomic E-state index is 0.0136. The van der Waals surface area contributed by atoms with Crippen molar-refractivity contribution in [3.8, 4) is 0 Å². The van der Waals surface area contributed by atoms with Crippen molar-refractivity contribution in [2.24, 2.45) is 5.73 Å². The van der Waals surface area contributed by atoms with E-state index in [1.54, 1.807) is 0 Å². The van der Waals surface area contributed by atoms with Crippen LogP contribution in [0.2, 0.25) is 0 Å². The summed E-state index contributed by atoms with van der Waals surface area (Å²) in [6.45, 7) is -1.34. The van der Waals surface area contributed by atoms with Crippen LogP contribution in [0.4, 0.5) is 5.82 Å². The number of hydrogen-bond acceptors (Lipinski definition) is 10. The van der Waals surface area contributed by atoms with Gasteiger partial charge < -0.3 is 41.4 Å². The van der Waals surface area contributed by atoms with Crippen molar-refractivity contribution >= 4 is 5.82 Å². The first-order valence-corrected chi connectivity index (χ1v) is 6.37. The number of rotatable bonds is 4. The molecule has 8 N–H and O–H groups in total. The molecule has 0 bridgehead atoms. The molecule has 2 heterocycles. The van der Waals surface area contributed by atoms with Gasteiger partial charge in [-0.2, -0.15) is 0 Å². The van der Waals surface area contributed by atoms with Gasteiger partial charge in [0.15, 0.2) is 6.29 Å². The van der Waals surface area contributed by atoms with Crippen molar-refractivity contribution in [3.05, 3.63) is 22.7 Å². The van der Waals surface area contributed by atoms with Gasteiger partial charge in [-0.05, 0) is 6.07 Å². The lowest BCUT2D eigenvalue weighted by atomic mass is 9.94. The summed E-state index contributed by atoms with van der Waals surface area (Å²) in [5, 5.41) is 39.1. The van der Waals surface area contributed by atoms with Crippen LogP contribution < -0.4 is 17.2 Å². The summed E-state index contributed by atoms with van der Waals surface area (Å²) in [4.78, 5) is 15.0. The lowest BCUT2D eigenvalue weighted by molar-refractivity contribution is -0.379. The van der Waals surface area contributed by atoms with Crippen LogP contribution in [0.5, 0.6) is 0 Å². The summed E-state index contributed by atoms with van der Waals surface area (Å²) in [7, 11) is 0. The zero-order chi connectivity index (χ0) is 16.5. The molecule has 1 aliphatic rings. The Kier molecular flexibility index (Phi) is 4.77. The summed E-state index contributed by atoms with van der Waals surface area (Å²) in [5.74, 6) is -2.44. The van der Waals surface area contributed by atoms with E-state index in [9.17, 15) is 25.2 Å². The molecule has 1 aromatic rings. The number of anilines is 1. The fraction of sp³-hybridized carbons (Fsp3) is 0.636. The van der Waals surface area contributed by atoms with Crippen LogP contribution in [-0.2, 0) is 16.2 Å². The van der Waals surface area contributed by atoms with Crippen molar-refractivity contribution < 1.29 is 29.9 Å². The zero-order valence-corrected chi connectivity index (χ0v) is 11.4. The van der Waals surface area contributed by atoms with Crippen LogP contribution in [0.3, 0.4) is 0 Å². The van der Waals surface area contributed by atoms with Gasteiger partial charge in [-0.15, -0.1) is 0 Å². The Labute approximate surface area is 124 Å². The third kappa shape index (κ3) is 2.83. The molecule has 11 nitrogen and oxygen atoms in total. The van der Waals surface area contributed by atoms with Gasteiger partial charge in [0.2, 0.25) is 5.79 Å². The molecule has 1 aliphatic heterocycles. The van der Waals surface area contributed by atoms with Crippen molar-refractivity contribution in [2.75, 3.05) is 12.3 Å². The monoisotopic (exact) mass is 318 g/mol. The molecule has 0 unspecified atom stereocenters. The topological polar surface area (TPSA) is 186 Å². The summed E-state index contributed by atoms with van der Waals surface area (Å²) >= 11 is 0. The molecular formula is C11H18N4O7. The van der Waals surface area contributed by atoms with Gasteiger partial charge in [-0.1, -0.05) is 0 Å². The van der Waals surface area contributed by atoms with E-state index in [0.29, 0.717) is 0 Å². The van der Waals surface area contributed by atoms with E-state index >= 15 is 0 Å². The van der Waals surface area contributed by atoms with Gasteiger partial charge in [0.05, 0.1) is 12.6 Å². The molecule has 0 aromatic carbocycles. The van der Waals surface area contributed by atoms with Gasteiger partial charge >= 0.3 is 5.69 Å². The van der Waals surface area contributed by atoms with Crippen molar-refractivity contribution in [1.82, 2.24) is 9.55 Å². The molecule has 0 aliphatic carbocycles. The normalized spacial score (nSPS) is 35.5. The molecule has 1 aromatic heterocycles.